The lowest BCUT2D eigenvalue weighted by Gasteiger charge is -2.42. The van der Waals surface area contributed by atoms with Crippen LogP contribution in [0.3, 0.4) is 0 Å². The maximum Gasteiger partial charge on any atom is 0.327 e. The molecule has 2 aliphatic rings. The third-order valence-electron chi connectivity index (χ3n) is 11.9. The lowest BCUT2D eigenvalue weighted by atomic mass is 9.95. The number of hydrogen-bond donors (Lipinski definition) is 4. The monoisotopic (exact) mass is 832 g/mol. The molecule has 1 aliphatic carbocycles. The molecule has 2 aromatic carbocycles. The Kier molecular flexibility index (Phi) is 15.6. The van der Waals surface area contributed by atoms with Crippen LogP contribution in [0, 0.1) is 17.8 Å². The molecule has 4 N–H and O–H groups in total. The molecule has 2 fully saturated rings. The summed E-state index contributed by atoms with van der Waals surface area (Å²) in [5.74, 6) is -0.548. The van der Waals surface area contributed by atoms with Crippen LogP contribution in [-0.2, 0) is 27.8 Å². The van der Waals surface area contributed by atoms with Crippen LogP contribution in [0.25, 0.3) is 0 Å². The number of aromatic nitrogens is 1. The lowest BCUT2D eigenvalue weighted by Crippen LogP contribution is -2.63. The maximum atomic E-state index is 15.1. The van der Waals surface area contributed by atoms with Crippen molar-refractivity contribution in [2.75, 3.05) is 32.7 Å². The van der Waals surface area contributed by atoms with E-state index in [-0.39, 0.29) is 58.6 Å². The molecule has 14 nitrogen and oxygen atoms in total. The summed E-state index contributed by atoms with van der Waals surface area (Å²) in [5, 5.41) is 40.3. The SMILES string of the molecule is CC[C@H](C)[C@@H](C(=O)N[C@@H](Cc1ccccc1)[C@H](O)C[N+](CC(C)C)(CC1CCCC1)S(=O)(=O)c1ccc(/C=N/O)cc1)N1CCN(Cc2ccnc(C(C)=NO)c2)C1=O. The van der Waals surface area contributed by atoms with Crippen molar-refractivity contribution in [2.45, 2.75) is 103 Å². The zero-order chi connectivity index (χ0) is 42.7. The van der Waals surface area contributed by atoms with Gasteiger partial charge in [0.1, 0.15) is 29.3 Å². The number of aliphatic hydroxyl groups is 1. The van der Waals surface area contributed by atoms with Crippen LogP contribution in [0.5, 0.6) is 0 Å². The molecule has 1 saturated carbocycles. The molecule has 1 saturated heterocycles. The Hall–Kier alpha value is -4.86. The van der Waals surface area contributed by atoms with Crippen LogP contribution >= 0.6 is 0 Å². The van der Waals surface area contributed by atoms with Crippen molar-refractivity contribution in [1.29, 1.82) is 0 Å². The number of carbonyl (C=O) groups excluding carboxylic acids is 2. The molecular weight excluding hydrogens is 771 g/mol. The molecular formula is C44H62N7O7S+. The van der Waals surface area contributed by atoms with Crippen LogP contribution in [0.4, 0.5) is 4.79 Å². The Morgan fingerprint density at radius 1 is 1.00 bits per heavy atom. The molecule has 0 bridgehead atoms. The van der Waals surface area contributed by atoms with Gasteiger partial charge in [-0.05, 0) is 73.1 Å². The molecule has 0 radical (unpaired) electrons. The van der Waals surface area contributed by atoms with Gasteiger partial charge < -0.3 is 30.6 Å². The van der Waals surface area contributed by atoms with Gasteiger partial charge >= 0.3 is 16.1 Å². The fourth-order valence-electron chi connectivity index (χ4n) is 8.73. The number of quaternary nitrogens is 1. The second-order valence-corrected chi connectivity index (χ2v) is 19.0. The minimum atomic E-state index is -4.13. The molecule has 5 atom stereocenters. The van der Waals surface area contributed by atoms with E-state index in [2.05, 4.69) is 20.6 Å². The average molecular weight is 833 g/mol. The van der Waals surface area contributed by atoms with Gasteiger partial charge in [0.2, 0.25) is 5.91 Å². The Morgan fingerprint density at radius 3 is 2.32 bits per heavy atom. The van der Waals surface area contributed by atoms with Gasteiger partial charge in [-0.25, -0.2) is 8.68 Å². The van der Waals surface area contributed by atoms with Crippen molar-refractivity contribution < 1.29 is 37.4 Å². The second-order valence-electron chi connectivity index (χ2n) is 16.8. The van der Waals surface area contributed by atoms with E-state index in [1.165, 1.54) is 18.3 Å². The highest BCUT2D eigenvalue weighted by Crippen LogP contribution is 2.35. The first-order chi connectivity index (χ1) is 28.2. The number of urea groups is 1. The standard InChI is InChI=1S/C44H61N7O7S/c1-6-32(4)42(50-23-22-49(44(50)54)27-37-20-21-45-39(25-37)33(5)48-56)43(53)47-40(24-34-12-8-7-9-13-34)41(52)30-51(28-31(2)3,29-36-14-10-11-15-36)59(57,58)38-18-16-35(17-19-38)26-46-55/h7-9,12-13,16-21,25-26,31-32,36,40-42,52H,6,10-11,14-15,22-24,27-30H2,1-5H3,(H2-,45,47,53,55,56)/p+1/b46-26+/t32-,40-,41+,42-,51?/m0/s1. The van der Waals surface area contributed by atoms with Crippen LogP contribution < -0.4 is 5.32 Å². The van der Waals surface area contributed by atoms with Gasteiger partial charge in [0.05, 0.1) is 31.0 Å². The largest absolute Gasteiger partial charge is 0.411 e. The van der Waals surface area contributed by atoms with Crippen molar-refractivity contribution >= 4 is 33.9 Å². The van der Waals surface area contributed by atoms with Crippen molar-refractivity contribution in [3.05, 3.63) is 95.3 Å². The number of nitrogens with zero attached hydrogens (tertiary/aromatic N) is 6. The minimum absolute atomic E-state index is 0.0502. The number of pyridine rings is 1. The molecule has 15 heteroatoms. The number of hydrogen-bond acceptors (Lipinski definition) is 10. The number of oxime groups is 2. The molecule has 320 valence electrons. The van der Waals surface area contributed by atoms with Crippen LogP contribution in [0.2, 0.25) is 0 Å². The van der Waals surface area contributed by atoms with Crippen molar-refractivity contribution in [1.82, 2.24) is 20.1 Å². The third kappa shape index (κ3) is 11.1. The van der Waals surface area contributed by atoms with Gasteiger partial charge in [-0.2, -0.15) is 8.42 Å². The molecule has 0 spiro atoms. The first kappa shape index (κ1) is 45.2. The summed E-state index contributed by atoms with van der Waals surface area (Å²) in [6.07, 6.45) is 6.23. The fourth-order valence-corrected chi connectivity index (χ4v) is 10.9. The zero-order valence-corrected chi connectivity index (χ0v) is 35.8. The number of benzene rings is 2. The van der Waals surface area contributed by atoms with Gasteiger partial charge in [0, 0.05) is 37.7 Å². The zero-order valence-electron chi connectivity index (χ0n) is 35.0. The molecule has 59 heavy (non-hydrogen) atoms. The molecule has 1 aliphatic heterocycles. The summed E-state index contributed by atoms with van der Waals surface area (Å²) in [6, 6.07) is 17.3. The molecule has 3 amide bonds. The molecule has 1 unspecified atom stereocenters. The minimum Gasteiger partial charge on any atom is -0.411 e. The summed E-state index contributed by atoms with van der Waals surface area (Å²) >= 11 is 0. The lowest BCUT2D eigenvalue weighted by molar-refractivity contribution is -0.818. The first-order valence-electron chi connectivity index (χ1n) is 20.8. The number of nitrogens with one attached hydrogen (secondary N) is 1. The summed E-state index contributed by atoms with van der Waals surface area (Å²) in [5.41, 5.74) is 3.04. The van der Waals surface area contributed by atoms with Gasteiger partial charge in [0.15, 0.2) is 0 Å². The molecule has 2 heterocycles. The third-order valence-corrected chi connectivity index (χ3v) is 14.2. The van der Waals surface area contributed by atoms with Gasteiger partial charge in [-0.15, -0.1) is 0 Å². The van der Waals surface area contributed by atoms with Crippen LogP contribution in [-0.4, -0.2) is 117 Å². The Morgan fingerprint density at radius 2 is 1.69 bits per heavy atom. The Bertz CT molecular complexity index is 2020. The highest BCUT2D eigenvalue weighted by atomic mass is 32.2. The Balaban J connectivity index is 1.47. The molecule has 5 rings (SSSR count). The fraction of sp³-hybridized carbons (Fsp3) is 0.523. The number of sulfonamides is 1. The van der Waals surface area contributed by atoms with E-state index >= 15 is 8.42 Å². The van der Waals surface area contributed by atoms with E-state index in [4.69, 9.17) is 5.21 Å². The predicted molar refractivity (Wildman–Crippen MR) is 227 cm³/mol. The number of carbonyl (C=O) groups is 2. The average Bonchev–Trinajstić information content (AvgIpc) is 3.86. The maximum absolute atomic E-state index is 15.1. The summed E-state index contributed by atoms with van der Waals surface area (Å²) < 4.78 is 29.8. The van der Waals surface area contributed by atoms with Gasteiger partial charge in [-0.1, -0.05) is 99.7 Å². The summed E-state index contributed by atoms with van der Waals surface area (Å²) in [6.45, 7) is 10.9. The highest BCUT2D eigenvalue weighted by molar-refractivity contribution is 7.86. The number of amides is 3. The van der Waals surface area contributed by atoms with E-state index in [0.717, 1.165) is 36.8 Å². The van der Waals surface area contributed by atoms with Crippen molar-refractivity contribution in [3.63, 3.8) is 0 Å². The van der Waals surface area contributed by atoms with E-state index in [9.17, 15) is 19.9 Å². The second kappa shape index (κ2) is 20.4. The topological polar surface area (TPSA) is 185 Å². The van der Waals surface area contributed by atoms with E-state index < -0.39 is 34.1 Å². The van der Waals surface area contributed by atoms with Crippen molar-refractivity contribution in [3.8, 4) is 0 Å². The summed E-state index contributed by atoms with van der Waals surface area (Å²) in [4.78, 5) is 36.4. The van der Waals surface area contributed by atoms with Crippen molar-refractivity contribution in [2.24, 2.45) is 28.1 Å². The quantitative estimate of drug-likeness (QED) is 0.0471. The van der Waals surface area contributed by atoms with E-state index in [1.54, 1.807) is 47.2 Å². The molecule has 1 aromatic heterocycles. The van der Waals surface area contributed by atoms with Crippen LogP contribution in [0.15, 0.2) is 88.1 Å². The van der Waals surface area contributed by atoms with E-state index in [0.29, 0.717) is 43.0 Å². The number of rotatable bonds is 20. The number of aliphatic hydroxyl groups excluding tert-OH is 1. The smallest absolute Gasteiger partial charge is 0.327 e. The van der Waals surface area contributed by atoms with Gasteiger partial charge in [0.25, 0.3) is 0 Å². The highest BCUT2D eigenvalue weighted by Gasteiger charge is 2.49. The normalized spacial score (nSPS) is 18.6. The van der Waals surface area contributed by atoms with Crippen LogP contribution in [0.1, 0.15) is 89.1 Å². The Labute approximate surface area is 349 Å². The summed E-state index contributed by atoms with van der Waals surface area (Å²) in [7, 11) is -4.13. The van der Waals surface area contributed by atoms with Gasteiger partial charge in [-0.3, -0.25) is 9.78 Å². The first-order valence-corrected chi connectivity index (χ1v) is 22.3. The predicted octanol–water partition coefficient (Wildman–Crippen LogP) is 5.88. The molecule has 3 aromatic rings. The van der Waals surface area contributed by atoms with E-state index in [1.807, 2.05) is 58.0 Å².